The van der Waals surface area contributed by atoms with Gasteiger partial charge in [0.25, 0.3) is 5.91 Å². The Morgan fingerprint density at radius 2 is 1.88 bits per heavy atom. The number of benzene rings is 2. The number of H-pyrrole nitrogens is 1. The fourth-order valence-corrected chi connectivity index (χ4v) is 2.71. The van der Waals surface area contributed by atoms with Crippen molar-refractivity contribution in [1.29, 1.82) is 0 Å². The number of carbonyl (C=O) groups excluding carboxylic acids is 1. The molecule has 1 heterocycles. The van der Waals surface area contributed by atoms with Crippen LogP contribution in [0.3, 0.4) is 0 Å². The van der Waals surface area contributed by atoms with Gasteiger partial charge in [-0.3, -0.25) is 9.89 Å². The van der Waals surface area contributed by atoms with Crippen LogP contribution in [-0.4, -0.2) is 23.2 Å². The topological polar surface area (TPSA) is 67.0 Å². The zero-order valence-electron chi connectivity index (χ0n) is 14.7. The fraction of sp³-hybridized carbons (Fsp3) is 0.200. The highest BCUT2D eigenvalue weighted by atomic mass is 19.1. The molecular formula is C20H20FN3O2. The van der Waals surface area contributed by atoms with E-state index in [0.29, 0.717) is 12.1 Å². The van der Waals surface area contributed by atoms with E-state index in [0.717, 1.165) is 29.1 Å². The van der Waals surface area contributed by atoms with Crippen molar-refractivity contribution in [2.75, 3.05) is 12.4 Å². The summed E-state index contributed by atoms with van der Waals surface area (Å²) < 4.78 is 19.0. The molecule has 0 fully saturated rings. The Morgan fingerprint density at radius 1 is 1.15 bits per heavy atom. The average molecular weight is 353 g/mol. The van der Waals surface area contributed by atoms with Gasteiger partial charge in [-0.15, -0.1) is 0 Å². The molecule has 1 amide bonds. The number of aromatic amines is 1. The van der Waals surface area contributed by atoms with Crippen LogP contribution in [0.15, 0.2) is 48.5 Å². The van der Waals surface area contributed by atoms with E-state index in [9.17, 15) is 9.18 Å². The molecule has 0 aliphatic heterocycles. The molecule has 5 nitrogen and oxygen atoms in total. The average Bonchev–Trinajstić information content (AvgIpc) is 3.00. The molecule has 1 aromatic heterocycles. The molecule has 26 heavy (non-hydrogen) atoms. The molecule has 3 rings (SSSR count). The second kappa shape index (κ2) is 7.82. The van der Waals surface area contributed by atoms with Gasteiger partial charge in [0.2, 0.25) is 0 Å². The summed E-state index contributed by atoms with van der Waals surface area (Å²) in [4.78, 5) is 12.4. The number of amides is 1. The van der Waals surface area contributed by atoms with E-state index < -0.39 is 11.7 Å². The second-order valence-electron chi connectivity index (χ2n) is 5.95. The van der Waals surface area contributed by atoms with Gasteiger partial charge in [-0.1, -0.05) is 24.3 Å². The zero-order chi connectivity index (χ0) is 18.5. The number of hydrogen-bond donors (Lipinski definition) is 2. The third kappa shape index (κ3) is 3.91. The van der Waals surface area contributed by atoms with Gasteiger partial charge in [0.15, 0.2) is 0 Å². The van der Waals surface area contributed by atoms with Gasteiger partial charge < -0.3 is 10.1 Å². The van der Waals surface area contributed by atoms with Gasteiger partial charge in [0.05, 0.1) is 29.7 Å². The first kappa shape index (κ1) is 17.7. The number of methoxy groups -OCH3 is 1. The summed E-state index contributed by atoms with van der Waals surface area (Å²) in [5.41, 5.74) is 3.22. The number of halogens is 1. The molecule has 2 aromatic carbocycles. The number of carbonyl (C=O) groups is 1. The smallest absolute Gasteiger partial charge is 0.258 e. The van der Waals surface area contributed by atoms with Crippen LogP contribution in [0.5, 0.6) is 5.75 Å². The maximum Gasteiger partial charge on any atom is 0.258 e. The Hall–Kier alpha value is -3.15. The van der Waals surface area contributed by atoms with Crippen molar-refractivity contribution in [2.24, 2.45) is 0 Å². The van der Waals surface area contributed by atoms with Crippen molar-refractivity contribution in [3.05, 3.63) is 76.9 Å². The van der Waals surface area contributed by atoms with Crippen molar-refractivity contribution in [3.8, 4) is 5.75 Å². The number of rotatable bonds is 6. The largest absolute Gasteiger partial charge is 0.497 e. The highest BCUT2D eigenvalue weighted by Gasteiger charge is 2.16. The summed E-state index contributed by atoms with van der Waals surface area (Å²) in [7, 11) is 1.63. The lowest BCUT2D eigenvalue weighted by molar-refractivity contribution is 0.102. The molecule has 0 unspecified atom stereocenters. The Kier molecular flexibility index (Phi) is 5.31. The Morgan fingerprint density at radius 3 is 2.58 bits per heavy atom. The van der Waals surface area contributed by atoms with E-state index >= 15 is 0 Å². The van der Waals surface area contributed by atoms with Crippen molar-refractivity contribution in [3.63, 3.8) is 0 Å². The van der Waals surface area contributed by atoms with Gasteiger partial charge in [-0.25, -0.2) is 4.39 Å². The zero-order valence-corrected chi connectivity index (χ0v) is 14.7. The second-order valence-corrected chi connectivity index (χ2v) is 5.95. The predicted molar refractivity (Wildman–Crippen MR) is 98.1 cm³/mol. The molecule has 0 aliphatic rings. The van der Waals surface area contributed by atoms with E-state index in [1.165, 1.54) is 12.1 Å². The quantitative estimate of drug-likeness (QED) is 0.706. The molecule has 0 spiro atoms. The van der Waals surface area contributed by atoms with E-state index in [4.69, 9.17) is 4.74 Å². The number of nitrogens with one attached hydrogen (secondary N) is 2. The van der Waals surface area contributed by atoms with Gasteiger partial charge in [-0.05, 0) is 49.6 Å². The third-order valence-electron chi connectivity index (χ3n) is 4.19. The van der Waals surface area contributed by atoms with Crippen LogP contribution in [0.2, 0.25) is 0 Å². The summed E-state index contributed by atoms with van der Waals surface area (Å²) in [5.74, 6) is -0.230. The van der Waals surface area contributed by atoms with Crippen LogP contribution in [0, 0.1) is 12.7 Å². The number of nitrogens with zero attached hydrogens (tertiary/aromatic N) is 1. The Bertz CT molecular complexity index is 904. The molecule has 0 atom stereocenters. The normalized spacial score (nSPS) is 10.6. The highest BCUT2D eigenvalue weighted by Crippen LogP contribution is 2.21. The first-order valence-electron chi connectivity index (χ1n) is 8.31. The summed E-state index contributed by atoms with van der Waals surface area (Å²) in [5, 5.41) is 9.94. The van der Waals surface area contributed by atoms with Crippen LogP contribution in [0.1, 0.15) is 27.3 Å². The summed E-state index contributed by atoms with van der Waals surface area (Å²) >= 11 is 0. The van der Waals surface area contributed by atoms with E-state index in [1.807, 2.05) is 31.2 Å². The molecule has 2 N–H and O–H groups in total. The van der Waals surface area contributed by atoms with Crippen LogP contribution in [0.4, 0.5) is 10.1 Å². The number of anilines is 1. The molecule has 0 radical (unpaired) electrons. The van der Waals surface area contributed by atoms with Crippen LogP contribution < -0.4 is 10.1 Å². The maximum atomic E-state index is 13.8. The molecule has 134 valence electrons. The number of ether oxygens (including phenoxy) is 1. The lowest BCUT2D eigenvalue weighted by Crippen LogP contribution is -2.15. The SMILES string of the molecule is COc1ccc(CCc2n[nH]c(C)c2NC(=O)c2ccccc2F)cc1. The van der Waals surface area contributed by atoms with Gasteiger partial charge >= 0.3 is 0 Å². The first-order valence-corrected chi connectivity index (χ1v) is 8.31. The molecule has 3 aromatic rings. The van der Waals surface area contributed by atoms with Crippen LogP contribution >= 0.6 is 0 Å². The molecule has 0 saturated carbocycles. The van der Waals surface area contributed by atoms with Crippen molar-refractivity contribution >= 4 is 11.6 Å². The van der Waals surface area contributed by atoms with Crippen molar-refractivity contribution in [1.82, 2.24) is 10.2 Å². The van der Waals surface area contributed by atoms with E-state index in [1.54, 1.807) is 19.2 Å². The van der Waals surface area contributed by atoms with E-state index in [-0.39, 0.29) is 5.56 Å². The van der Waals surface area contributed by atoms with Crippen LogP contribution in [0.25, 0.3) is 0 Å². The molecular weight excluding hydrogens is 333 g/mol. The van der Waals surface area contributed by atoms with Gasteiger partial charge in [-0.2, -0.15) is 5.10 Å². The lowest BCUT2D eigenvalue weighted by Gasteiger charge is -2.08. The minimum Gasteiger partial charge on any atom is -0.497 e. The first-order chi connectivity index (χ1) is 12.6. The number of aromatic nitrogens is 2. The summed E-state index contributed by atoms with van der Waals surface area (Å²) in [6.45, 7) is 1.82. The van der Waals surface area contributed by atoms with Gasteiger partial charge in [0, 0.05) is 0 Å². The standard InChI is InChI=1S/C20H20FN3O2/c1-13-19(22-20(25)16-5-3-4-6-17(16)21)18(24-23-13)12-9-14-7-10-15(26-2)11-8-14/h3-8,10-11H,9,12H2,1-2H3,(H,22,25)(H,23,24). The lowest BCUT2D eigenvalue weighted by atomic mass is 10.1. The predicted octanol–water partition coefficient (Wildman–Crippen LogP) is 3.90. The highest BCUT2D eigenvalue weighted by molar-refractivity contribution is 6.05. The van der Waals surface area contributed by atoms with E-state index in [2.05, 4.69) is 15.5 Å². The monoisotopic (exact) mass is 353 g/mol. The minimum absolute atomic E-state index is 0.00852. The maximum absolute atomic E-state index is 13.8. The molecule has 0 saturated heterocycles. The third-order valence-corrected chi connectivity index (χ3v) is 4.19. The van der Waals surface area contributed by atoms with Crippen molar-refractivity contribution < 1.29 is 13.9 Å². The minimum atomic E-state index is -0.550. The van der Waals surface area contributed by atoms with Crippen LogP contribution in [-0.2, 0) is 12.8 Å². The van der Waals surface area contributed by atoms with Gasteiger partial charge in [0.1, 0.15) is 11.6 Å². The van der Waals surface area contributed by atoms with Crippen molar-refractivity contribution in [2.45, 2.75) is 19.8 Å². The summed E-state index contributed by atoms with van der Waals surface area (Å²) in [6, 6.07) is 13.7. The Labute approximate surface area is 151 Å². The number of aryl methyl sites for hydroxylation is 3. The number of hydrogen-bond acceptors (Lipinski definition) is 3. The molecule has 0 aliphatic carbocycles. The fourth-order valence-electron chi connectivity index (χ4n) is 2.71. The molecule has 6 heteroatoms. The Balaban J connectivity index is 1.72. The molecule has 0 bridgehead atoms. The summed E-state index contributed by atoms with van der Waals surface area (Å²) in [6.07, 6.45) is 1.40.